The van der Waals surface area contributed by atoms with E-state index in [1.807, 2.05) is 0 Å². The molecular formula is C16H24N2O. The number of benzene rings is 1. The zero-order chi connectivity index (χ0) is 13.1. The van der Waals surface area contributed by atoms with E-state index in [2.05, 4.69) is 47.5 Å². The van der Waals surface area contributed by atoms with Crippen molar-refractivity contribution in [2.75, 3.05) is 26.2 Å². The lowest BCUT2D eigenvalue weighted by Crippen LogP contribution is -2.56. The summed E-state index contributed by atoms with van der Waals surface area (Å²) in [6.45, 7) is 6.54. The number of nitrogens with one attached hydrogen (secondary N) is 1. The van der Waals surface area contributed by atoms with Crippen LogP contribution >= 0.6 is 0 Å². The fourth-order valence-electron chi connectivity index (χ4n) is 3.39. The summed E-state index contributed by atoms with van der Waals surface area (Å²) in [6.07, 6.45) is 2.72. The van der Waals surface area contributed by atoms with E-state index >= 15 is 0 Å². The van der Waals surface area contributed by atoms with Gasteiger partial charge in [-0.1, -0.05) is 30.3 Å². The topological polar surface area (TPSA) is 24.5 Å². The van der Waals surface area contributed by atoms with Gasteiger partial charge in [-0.05, 0) is 25.3 Å². The van der Waals surface area contributed by atoms with Crippen molar-refractivity contribution in [2.24, 2.45) is 0 Å². The van der Waals surface area contributed by atoms with E-state index in [9.17, 15) is 0 Å². The first-order chi connectivity index (χ1) is 9.33. The second-order valence-corrected chi connectivity index (χ2v) is 5.77. The van der Waals surface area contributed by atoms with Gasteiger partial charge in [0.05, 0.1) is 6.10 Å². The molecule has 1 aromatic rings. The van der Waals surface area contributed by atoms with E-state index < -0.39 is 0 Å². The number of rotatable bonds is 3. The van der Waals surface area contributed by atoms with Crippen molar-refractivity contribution in [3.63, 3.8) is 0 Å². The van der Waals surface area contributed by atoms with Crippen LogP contribution in [0.15, 0.2) is 30.3 Å². The number of nitrogens with zero attached hydrogens (tertiary/aromatic N) is 1. The molecule has 2 fully saturated rings. The van der Waals surface area contributed by atoms with Crippen LogP contribution < -0.4 is 5.32 Å². The van der Waals surface area contributed by atoms with Crippen molar-refractivity contribution in [2.45, 2.75) is 38.0 Å². The minimum Gasteiger partial charge on any atom is -0.377 e. The molecule has 2 heterocycles. The van der Waals surface area contributed by atoms with Crippen molar-refractivity contribution in [3.05, 3.63) is 35.9 Å². The Hall–Kier alpha value is -0.900. The summed E-state index contributed by atoms with van der Waals surface area (Å²) < 4.78 is 5.71. The highest BCUT2D eigenvalue weighted by Crippen LogP contribution is 2.21. The van der Waals surface area contributed by atoms with E-state index in [0.29, 0.717) is 18.2 Å². The maximum atomic E-state index is 5.71. The van der Waals surface area contributed by atoms with Gasteiger partial charge in [-0.25, -0.2) is 0 Å². The van der Waals surface area contributed by atoms with Gasteiger partial charge in [0, 0.05) is 38.3 Å². The van der Waals surface area contributed by atoms with Crippen LogP contribution in [0.5, 0.6) is 0 Å². The van der Waals surface area contributed by atoms with E-state index in [-0.39, 0.29) is 0 Å². The van der Waals surface area contributed by atoms with Gasteiger partial charge >= 0.3 is 0 Å². The zero-order valence-electron chi connectivity index (χ0n) is 11.7. The predicted molar refractivity (Wildman–Crippen MR) is 77.3 cm³/mol. The molecule has 0 amide bonds. The van der Waals surface area contributed by atoms with Gasteiger partial charge in [-0.2, -0.15) is 0 Å². The van der Waals surface area contributed by atoms with Crippen molar-refractivity contribution < 1.29 is 4.74 Å². The first kappa shape index (κ1) is 13.1. The highest BCUT2D eigenvalue weighted by atomic mass is 16.5. The van der Waals surface area contributed by atoms with Gasteiger partial charge in [0.2, 0.25) is 0 Å². The molecule has 3 rings (SSSR count). The Morgan fingerprint density at radius 1 is 1.32 bits per heavy atom. The summed E-state index contributed by atoms with van der Waals surface area (Å²) in [5.74, 6) is 0. The Kier molecular flexibility index (Phi) is 4.16. The van der Waals surface area contributed by atoms with Crippen LogP contribution in [0.3, 0.4) is 0 Å². The molecular weight excluding hydrogens is 236 g/mol. The molecule has 3 nitrogen and oxygen atoms in total. The van der Waals surface area contributed by atoms with E-state index in [4.69, 9.17) is 4.74 Å². The lowest BCUT2D eigenvalue weighted by Gasteiger charge is -2.38. The molecule has 104 valence electrons. The van der Waals surface area contributed by atoms with Gasteiger partial charge in [-0.3, -0.25) is 4.90 Å². The van der Waals surface area contributed by atoms with Crippen LogP contribution in [0, 0.1) is 0 Å². The monoisotopic (exact) mass is 260 g/mol. The summed E-state index contributed by atoms with van der Waals surface area (Å²) >= 11 is 0. The second-order valence-electron chi connectivity index (χ2n) is 5.77. The molecule has 3 atom stereocenters. The van der Waals surface area contributed by atoms with Crippen LogP contribution in [0.1, 0.15) is 18.9 Å². The Balaban J connectivity index is 1.59. The third kappa shape index (κ3) is 3.16. The standard InChI is InChI=1S/C16H24N2O/c1-13-16(7-10-19-13)18-9-8-17-15(12-18)11-14-5-3-2-4-6-14/h2-6,13,15-17H,7-12H2,1H3. The number of hydrogen-bond donors (Lipinski definition) is 1. The molecule has 0 radical (unpaired) electrons. The minimum absolute atomic E-state index is 0.399. The molecule has 1 N–H and O–H groups in total. The SMILES string of the molecule is CC1OCCC1N1CCNC(Cc2ccccc2)C1. The molecule has 0 saturated carbocycles. The van der Waals surface area contributed by atoms with Crippen molar-refractivity contribution in [3.8, 4) is 0 Å². The molecule has 0 aliphatic carbocycles. The Morgan fingerprint density at radius 2 is 2.16 bits per heavy atom. The summed E-state index contributed by atoms with van der Waals surface area (Å²) in [7, 11) is 0. The average Bonchev–Trinajstić information content (AvgIpc) is 2.86. The summed E-state index contributed by atoms with van der Waals surface area (Å²) in [6, 6.07) is 12.0. The van der Waals surface area contributed by atoms with E-state index in [0.717, 1.165) is 32.7 Å². The van der Waals surface area contributed by atoms with Crippen LogP contribution in [0.25, 0.3) is 0 Å². The molecule has 2 aliphatic heterocycles. The zero-order valence-corrected chi connectivity index (χ0v) is 11.7. The second kappa shape index (κ2) is 6.04. The number of ether oxygens (including phenoxy) is 1. The van der Waals surface area contributed by atoms with Gasteiger partial charge in [-0.15, -0.1) is 0 Å². The molecule has 1 aromatic carbocycles. The third-order valence-electron chi connectivity index (χ3n) is 4.42. The fraction of sp³-hybridized carbons (Fsp3) is 0.625. The molecule has 2 saturated heterocycles. The normalized spacial score (nSPS) is 32.6. The van der Waals surface area contributed by atoms with E-state index in [1.54, 1.807) is 0 Å². The highest BCUT2D eigenvalue weighted by molar-refractivity contribution is 5.16. The summed E-state index contributed by atoms with van der Waals surface area (Å²) in [4.78, 5) is 2.63. The molecule has 2 aliphatic rings. The van der Waals surface area contributed by atoms with Crippen molar-refractivity contribution >= 4 is 0 Å². The van der Waals surface area contributed by atoms with E-state index in [1.165, 1.54) is 12.0 Å². The van der Waals surface area contributed by atoms with Crippen LogP contribution in [-0.4, -0.2) is 49.3 Å². The summed E-state index contributed by atoms with van der Waals surface area (Å²) in [5.41, 5.74) is 1.43. The number of hydrogen-bond acceptors (Lipinski definition) is 3. The van der Waals surface area contributed by atoms with Gasteiger partial charge < -0.3 is 10.1 Å². The quantitative estimate of drug-likeness (QED) is 0.895. The third-order valence-corrected chi connectivity index (χ3v) is 4.42. The smallest absolute Gasteiger partial charge is 0.0703 e. The van der Waals surface area contributed by atoms with Crippen LogP contribution in [-0.2, 0) is 11.2 Å². The average molecular weight is 260 g/mol. The molecule has 0 spiro atoms. The Morgan fingerprint density at radius 3 is 2.89 bits per heavy atom. The molecule has 0 bridgehead atoms. The van der Waals surface area contributed by atoms with Gasteiger partial charge in [0.25, 0.3) is 0 Å². The number of piperazine rings is 1. The Bertz CT molecular complexity index is 395. The maximum Gasteiger partial charge on any atom is 0.0703 e. The van der Waals surface area contributed by atoms with Crippen LogP contribution in [0.4, 0.5) is 0 Å². The molecule has 3 heteroatoms. The largest absolute Gasteiger partial charge is 0.377 e. The summed E-state index contributed by atoms with van der Waals surface area (Å²) in [5, 5.41) is 3.65. The molecule has 0 aromatic heterocycles. The first-order valence-corrected chi connectivity index (χ1v) is 7.46. The fourth-order valence-corrected chi connectivity index (χ4v) is 3.39. The predicted octanol–water partition coefficient (Wildman–Crippen LogP) is 1.68. The molecule has 19 heavy (non-hydrogen) atoms. The highest BCUT2D eigenvalue weighted by Gasteiger charge is 2.32. The van der Waals surface area contributed by atoms with Crippen molar-refractivity contribution in [1.82, 2.24) is 10.2 Å². The maximum absolute atomic E-state index is 5.71. The van der Waals surface area contributed by atoms with Crippen molar-refractivity contribution in [1.29, 1.82) is 0 Å². The Labute approximate surface area is 115 Å². The molecule has 3 unspecified atom stereocenters. The van der Waals surface area contributed by atoms with Crippen LogP contribution in [0.2, 0.25) is 0 Å². The van der Waals surface area contributed by atoms with Gasteiger partial charge in [0.1, 0.15) is 0 Å². The lowest BCUT2D eigenvalue weighted by atomic mass is 10.0. The minimum atomic E-state index is 0.399. The van der Waals surface area contributed by atoms with Gasteiger partial charge in [0.15, 0.2) is 0 Å². The first-order valence-electron chi connectivity index (χ1n) is 7.46. The lowest BCUT2D eigenvalue weighted by molar-refractivity contribution is 0.0605.